The molecule has 0 saturated heterocycles. The first-order chi connectivity index (χ1) is 19.7. The van der Waals surface area contributed by atoms with Crippen molar-refractivity contribution >= 4 is 33.2 Å². The maximum atomic E-state index is 13.2. The van der Waals surface area contributed by atoms with E-state index in [0.29, 0.717) is 44.1 Å². The number of aliphatic hydroxyl groups is 2. The van der Waals surface area contributed by atoms with E-state index >= 15 is 0 Å². The zero-order chi connectivity index (χ0) is 28.8. The van der Waals surface area contributed by atoms with Gasteiger partial charge in [0.25, 0.3) is 5.91 Å². The van der Waals surface area contributed by atoms with Crippen LogP contribution in [-0.4, -0.2) is 62.2 Å². The van der Waals surface area contributed by atoms with Crippen molar-refractivity contribution in [3.8, 4) is 5.75 Å². The lowest BCUT2D eigenvalue weighted by Gasteiger charge is -2.45. The predicted molar refractivity (Wildman–Crippen MR) is 158 cm³/mol. The molecule has 222 valence electrons. The summed E-state index contributed by atoms with van der Waals surface area (Å²) in [7, 11) is -4.09. The van der Waals surface area contributed by atoms with Gasteiger partial charge in [-0.2, -0.15) is 0 Å². The Morgan fingerprint density at radius 3 is 2.68 bits per heavy atom. The Bertz CT molecular complexity index is 1420. The first kappa shape index (κ1) is 28.8. The van der Waals surface area contributed by atoms with E-state index in [1.54, 1.807) is 18.2 Å². The molecule has 6 rings (SSSR count). The van der Waals surface area contributed by atoms with Gasteiger partial charge in [0.15, 0.2) is 0 Å². The van der Waals surface area contributed by atoms with Crippen molar-refractivity contribution < 1.29 is 28.2 Å². The normalized spacial score (nSPS) is 31.6. The molecule has 1 fully saturated rings. The highest BCUT2D eigenvalue weighted by Crippen LogP contribution is 2.47. The number of aliphatic hydroxyl groups excluding tert-OH is 2. The minimum absolute atomic E-state index is 0.174. The maximum absolute atomic E-state index is 13.2. The molecular weight excluding hydrogens is 564 g/mol. The van der Waals surface area contributed by atoms with Crippen LogP contribution in [0.3, 0.4) is 0 Å². The van der Waals surface area contributed by atoms with Crippen molar-refractivity contribution in [2.45, 2.75) is 74.6 Å². The van der Waals surface area contributed by atoms with Crippen LogP contribution in [-0.2, 0) is 21.9 Å². The number of carbonyl (C=O) groups excluding carboxylic acids is 1. The van der Waals surface area contributed by atoms with Crippen molar-refractivity contribution in [2.75, 3.05) is 31.2 Å². The van der Waals surface area contributed by atoms with Crippen LogP contribution in [0.1, 0.15) is 72.9 Å². The van der Waals surface area contributed by atoms with Crippen molar-refractivity contribution in [3.05, 3.63) is 58.1 Å². The molecule has 1 amide bonds. The van der Waals surface area contributed by atoms with Gasteiger partial charge < -0.3 is 19.8 Å². The summed E-state index contributed by atoms with van der Waals surface area (Å²) in [6.45, 7) is 1.32. The van der Waals surface area contributed by atoms with Gasteiger partial charge >= 0.3 is 0 Å². The SMILES string of the molecule is O=C1NS(=O)(=O)[C@H](CO)CCCC[C@H](O)[C@@H]2CC[C@H]2CN2C[C@@]3(CCCc4cc(Cl)ccc43)COc3ccc1cc32. The number of benzene rings is 2. The first-order valence-corrected chi connectivity index (χ1v) is 16.8. The largest absolute Gasteiger partial charge is 0.490 e. The second-order valence-corrected chi connectivity index (χ2v) is 14.8. The minimum atomic E-state index is -4.09. The molecule has 2 aliphatic heterocycles. The number of anilines is 1. The molecular formula is C31H39ClN2O6S. The smallest absolute Gasteiger partial charge is 0.264 e. The molecule has 2 bridgehead atoms. The van der Waals surface area contributed by atoms with Gasteiger partial charge in [0.1, 0.15) is 11.0 Å². The number of hydrogen-bond donors (Lipinski definition) is 3. The molecule has 8 nitrogen and oxygen atoms in total. The Balaban J connectivity index is 1.41. The average molecular weight is 603 g/mol. The molecule has 5 atom stereocenters. The second-order valence-electron chi connectivity index (χ2n) is 12.4. The number of carbonyl (C=O) groups is 1. The average Bonchev–Trinajstić information content (AvgIpc) is 3.07. The number of ether oxygens (including phenoxy) is 1. The maximum Gasteiger partial charge on any atom is 0.264 e. The molecule has 41 heavy (non-hydrogen) atoms. The number of sulfonamides is 1. The number of nitrogens with one attached hydrogen (secondary N) is 1. The Labute approximate surface area is 247 Å². The Morgan fingerprint density at radius 2 is 1.90 bits per heavy atom. The highest BCUT2D eigenvalue weighted by Gasteiger charge is 2.44. The number of hydrogen-bond acceptors (Lipinski definition) is 7. The first-order valence-electron chi connectivity index (χ1n) is 14.8. The molecule has 2 aliphatic carbocycles. The number of amides is 1. The molecule has 2 aromatic carbocycles. The van der Waals surface area contributed by atoms with Crippen LogP contribution in [0.25, 0.3) is 0 Å². The van der Waals surface area contributed by atoms with E-state index in [-0.39, 0.29) is 23.3 Å². The predicted octanol–water partition coefficient (Wildman–Crippen LogP) is 4.19. The molecule has 3 N–H and O–H groups in total. The standard InChI is InChI=1S/C31H39ClN2O6S/c32-23-9-11-26-20(14-23)4-3-13-31(26)18-34-16-22-7-10-25(22)28(36)6-2-1-5-24(17-35)41(38,39)33-30(37)21-8-12-29(40-19-31)27(34)15-21/h8-9,11-12,14-15,22,24-25,28,35-36H,1-7,10,13,16-19H2,(H,33,37)/t22-,24-,25+,28-,31-/m0/s1. The molecule has 2 heterocycles. The summed E-state index contributed by atoms with van der Waals surface area (Å²) in [4.78, 5) is 15.6. The van der Waals surface area contributed by atoms with Gasteiger partial charge in [-0.15, -0.1) is 0 Å². The van der Waals surface area contributed by atoms with E-state index in [0.717, 1.165) is 49.4 Å². The Kier molecular flexibility index (Phi) is 8.00. The van der Waals surface area contributed by atoms with E-state index in [2.05, 4.69) is 21.8 Å². The van der Waals surface area contributed by atoms with Crippen molar-refractivity contribution in [1.82, 2.24) is 4.72 Å². The Hall–Kier alpha value is -2.33. The summed E-state index contributed by atoms with van der Waals surface area (Å²) in [5.74, 6) is 0.421. The van der Waals surface area contributed by atoms with E-state index in [1.807, 2.05) is 6.07 Å². The number of nitrogens with zero attached hydrogens (tertiary/aromatic N) is 1. The number of fused-ring (bicyclic) bond motifs is 4. The van der Waals surface area contributed by atoms with Gasteiger partial charge in [0, 0.05) is 29.1 Å². The van der Waals surface area contributed by atoms with Crippen molar-refractivity contribution in [3.63, 3.8) is 0 Å². The zero-order valence-electron chi connectivity index (χ0n) is 23.2. The third kappa shape index (κ3) is 5.58. The van der Waals surface area contributed by atoms with Crippen LogP contribution < -0.4 is 14.4 Å². The molecule has 2 aromatic rings. The number of aryl methyl sites for hydroxylation is 1. The molecule has 1 saturated carbocycles. The third-order valence-electron chi connectivity index (χ3n) is 9.88. The van der Waals surface area contributed by atoms with Crippen LogP contribution >= 0.6 is 11.6 Å². The van der Waals surface area contributed by atoms with Crippen molar-refractivity contribution in [2.24, 2.45) is 11.8 Å². The molecule has 0 radical (unpaired) electrons. The van der Waals surface area contributed by atoms with Crippen LogP contribution in [0.4, 0.5) is 5.69 Å². The summed E-state index contributed by atoms with van der Waals surface area (Å²) in [5.41, 5.74) is 3.21. The third-order valence-corrected chi connectivity index (χ3v) is 11.8. The van der Waals surface area contributed by atoms with Crippen LogP contribution in [0.5, 0.6) is 5.75 Å². The monoisotopic (exact) mass is 602 g/mol. The number of halogens is 1. The fraction of sp³-hybridized carbons (Fsp3) is 0.581. The highest BCUT2D eigenvalue weighted by molar-refractivity contribution is 7.90. The summed E-state index contributed by atoms with van der Waals surface area (Å²) < 4.78 is 34.7. The second kappa shape index (κ2) is 11.4. The quantitative estimate of drug-likeness (QED) is 0.448. The lowest BCUT2D eigenvalue weighted by molar-refractivity contribution is 0.00900. The molecule has 0 unspecified atom stereocenters. The lowest BCUT2D eigenvalue weighted by Crippen LogP contribution is -2.49. The van der Waals surface area contributed by atoms with Gasteiger partial charge in [0.05, 0.1) is 25.0 Å². The van der Waals surface area contributed by atoms with Crippen LogP contribution in [0.15, 0.2) is 36.4 Å². The minimum Gasteiger partial charge on any atom is -0.490 e. The van der Waals surface area contributed by atoms with Gasteiger partial charge in [-0.05, 0) is 98.2 Å². The highest BCUT2D eigenvalue weighted by atomic mass is 35.5. The van der Waals surface area contributed by atoms with E-state index in [4.69, 9.17) is 16.3 Å². The number of rotatable bonds is 1. The van der Waals surface area contributed by atoms with E-state index in [1.165, 1.54) is 11.1 Å². The zero-order valence-corrected chi connectivity index (χ0v) is 24.8. The van der Waals surface area contributed by atoms with E-state index in [9.17, 15) is 23.4 Å². The van der Waals surface area contributed by atoms with Crippen molar-refractivity contribution in [1.29, 1.82) is 0 Å². The van der Waals surface area contributed by atoms with Gasteiger partial charge in [-0.25, -0.2) is 13.1 Å². The molecule has 0 aromatic heterocycles. The van der Waals surface area contributed by atoms with Gasteiger partial charge in [0.2, 0.25) is 10.0 Å². The molecule has 10 heteroatoms. The van der Waals surface area contributed by atoms with Gasteiger partial charge in [-0.1, -0.05) is 30.5 Å². The summed E-state index contributed by atoms with van der Waals surface area (Å²) >= 11 is 6.37. The Morgan fingerprint density at radius 1 is 1.07 bits per heavy atom. The lowest BCUT2D eigenvalue weighted by atomic mass is 9.68. The molecule has 4 aliphatic rings. The fourth-order valence-electron chi connectivity index (χ4n) is 7.42. The van der Waals surface area contributed by atoms with Crippen LogP contribution in [0, 0.1) is 11.8 Å². The van der Waals surface area contributed by atoms with E-state index < -0.39 is 33.9 Å². The summed E-state index contributed by atoms with van der Waals surface area (Å²) in [6.07, 6.45) is 6.50. The summed E-state index contributed by atoms with van der Waals surface area (Å²) in [6, 6.07) is 11.2. The van der Waals surface area contributed by atoms with Crippen LogP contribution in [0.2, 0.25) is 5.02 Å². The topological polar surface area (TPSA) is 116 Å². The fourth-order valence-corrected chi connectivity index (χ4v) is 8.83. The molecule has 1 spiro atoms. The van der Waals surface area contributed by atoms with Gasteiger partial charge in [-0.3, -0.25) is 4.79 Å². The summed E-state index contributed by atoms with van der Waals surface area (Å²) in [5, 5.41) is 20.6.